The molecule has 0 N–H and O–H groups in total. The number of hydrogen-bond donors (Lipinski definition) is 0. The fourth-order valence-electron chi connectivity index (χ4n) is 3.43. The smallest absolute Gasteiger partial charge is 0.274 e. The molecule has 0 unspecified atom stereocenters. The van der Waals surface area contributed by atoms with Crippen LogP contribution in [-0.4, -0.2) is 46.9 Å². The first-order chi connectivity index (χ1) is 12.8. The summed E-state index contributed by atoms with van der Waals surface area (Å²) in [6, 6.07) is 12.2. The second-order valence-electron chi connectivity index (χ2n) is 6.24. The maximum Gasteiger partial charge on any atom is 0.274 e. The molecule has 0 aliphatic carbocycles. The van der Waals surface area contributed by atoms with Crippen molar-refractivity contribution in [1.82, 2.24) is 14.7 Å². The number of rotatable bonds is 2. The van der Waals surface area contributed by atoms with Gasteiger partial charge in [0, 0.05) is 30.0 Å². The third kappa shape index (κ3) is 2.58. The van der Waals surface area contributed by atoms with Crippen molar-refractivity contribution < 1.29 is 9.53 Å². The summed E-state index contributed by atoms with van der Waals surface area (Å²) in [6.45, 7) is 2.44. The fourth-order valence-corrected chi connectivity index (χ4v) is 5.53. The highest BCUT2D eigenvalue weighted by Gasteiger charge is 2.32. The van der Waals surface area contributed by atoms with E-state index in [4.69, 9.17) is 9.84 Å². The zero-order chi connectivity index (χ0) is 17.5. The summed E-state index contributed by atoms with van der Waals surface area (Å²) in [5, 5.41) is 6.90. The van der Waals surface area contributed by atoms with Gasteiger partial charge in [-0.2, -0.15) is 5.10 Å². The van der Waals surface area contributed by atoms with Crippen LogP contribution in [0.3, 0.4) is 0 Å². The highest BCUT2D eigenvalue weighted by Crippen LogP contribution is 2.46. The molecule has 26 heavy (non-hydrogen) atoms. The molecule has 1 aromatic carbocycles. The van der Waals surface area contributed by atoms with E-state index >= 15 is 0 Å². The summed E-state index contributed by atoms with van der Waals surface area (Å²) < 4.78 is 8.62. The lowest BCUT2D eigenvalue weighted by molar-refractivity contribution is 0.0298. The van der Waals surface area contributed by atoms with E-state index in [0.29, 0.717) is 32.0 Å². The Kier molecular flexibility index (Phi) is 4.07. The Morgan fingerprint density at radius 2 is 1.92 bits per heavy atom. The highest BCUT2D eigenvalue weighted by molar-refractivity contribution is 8.00. The molecule has 1 fully saturated rings. The number of carbonyl (C=O) groups is 1. The Labute approximate surface area is 159 Å². The molecule has 0 bridgehead atoms. The number of morpholine rings is 1. The Hall–Kier alpha value is -2.09. The second-order valence-corrected chi connectivity index (χ2v) is 8.40. The topological polar surface area (TPSA) is 47.4 Å². The fraction of sp³-hybridized carbons (Fsp3) is 0.263. The number of nitrogens with zero attached hydrogens (tertiary/aromatic N) is 3. The van der Waals surface area contributed by atoms with Crippen LogP contribution in [0.15, 0.2) is 46.0 Å². The van der Waals surface area contributed by atoms with Crippen LogP contribution < -0.4 is 0 Å². The van der Waals surface area contributed by atoms with Crippen molar-refractivity contribution in [1.29, 1.82) is 0 Å². The van der Waals surface area contributed by atoms with Crippen LogP contribution in [0.25, 0.3) is 16.9 Å². The van der Waals surface area contributed by atoms with E-state index in [1.165, 1.54) is 9.77 Å². The highest BCUT2D eigenvalue weighted by atomic mass is 32.2. The van der Waals surface area contributed by atoms with Crippen molar-refractivity contribution in [2.45, 2.75) is 9.96 Å². The van der Waals surface area contributed by atoms with Gasteiger partial charge in [0.15, 0.2) is 5.69 Å². The molecule has 1 saturated heterocycles. The first-order valence-corrected chi connectivity index (χ1v) is 10.4. The third-order valence-corrected chi connectivity index (χ3v) is 6.98. The average Bonchev–Trinajstić information content (AvgIpc) is 3.33. The van der Waals surface area contributed by atoms with Gasteiger partial charge in [0.05, 0.1) is 28.8 Å². The lowest BCUT2D eigenvalue weighted by Gasteiger charge is -2.26. The SMILES string of the molecule is O=C(c1nn(-c2ccccc2)c2c1CSc1sccc1-2)N1CCOCC1. The maximum atomic E-state index is 13.2. The van der Waals surface area contributed by atoms with Gasteiger partial charge < -0.3 is 9.64 Å². The molecule has 0 saturated carbocycles. The Bertz CT molecular complexity index is 959. The van der Waals surface area contributed by atoms with Gasteiger partial charge in [-0.15, -0.1) is 23.1 Å². The number of para-hydroxylation sites is 1. The number of thiophene rings is 1. The van der Waals surface area contributed by atoms with Gasteiger partial charge in [0.1, 0.15) is 0 Å². The van der Waals surface area contributed by atoms with Gasteiger partial charge in [0.2, 0.25) is 0 Å². The first kappa shape index (κ1) is 16.1. The predicted octanol–water partition coefficient (Wildman–Crippen LogP) is 3.68. The van der Waals surface area contributed by atoms with Gasteiger partial charge in [-0.25, -0.2) is 4.68 Å². The normalized spacial score (nSPS) is 16.2. The standard InChI is InChI=1S/C19H17N3O2S2/c23-18(21-7-9-24-10-8-21)16-15-12-26-19-14(6-11-25-19)17(15)22(20-16)13-4-2-1-3-5-13/h1-6,11H,7-10,12H2. The molecular formula is C19H17N3O2S2. The largest absolute Gasteiger partial charge is 0.378 e. The number of ether oxygens (including phenoxy) is 1. The molecule has 5 nitrogen and oxygen atoms in total. The second kappa shape index (κ2) is 6.57. The minimum absolute atomic E-state index is 0.0125. The van der Waals surface area contributed by atoms with Crippen molar-refractivity contribution in [3.63, 3.8) is 0 Å². The van der Waals surface area contributed by atoms with Gasteiger partial charge in [0.25, 0.3) is 5.91 Å². The van der Waals surface area contributed by atoms with Gasteiger partial charge >= 0.3 is 0 Å². The van der Waals surface area contributed by atoms with Crippen molar-refractivity contribution >= 4 is 29.0 Å². The van der Waals surface area contributed by atoms with Crippen molar-refractivity contribution in [2.24, 2.45) is 0 Å². The van der Waals surface area contributed by atoms with E-state index in [1.54, 1.807) is 23.1 Å². The molecule has 2 aliphatic rings. The quantitative estimate of drug-likeness (QED) is 0.677. The summed E-state index contributed by atoms with van der Waals surface area (Å²) in [6.07, 6.45) is 0. The Morgan fingerprint density at radius 1 is 1.12 bits per heavy atom. The molecular weight excluding hydrogens is 366 g/mol. The summed E-state index contributed by atoms with van der Waals surface area (Å²) >= 11 is 3.54. The zero-order valence-electron chi connectivity index (χ0n) is 14.1. The molecule has 3 aromatic rings. The molecule has 132 valence electrons. The van der Waals surface area contributed by atoms with Crippen LogP contribution in [0.5, 0.6) is 0 Å². The molecule has 4 heterocycles. The lowest BCUT2D eigenvalue weighted by atomic mass is 10.1. The maximum absolute atomic E-state index is 13.2. The molecule has 5 rings (SSSR count). The minimum atomic E-state index is 0.0125. The number of benzene rings is 1. The molecule has 0 radical (unpaired) electrons. The number of hydrogen-bond acceptors (Lipinski definition) is 5. The molecule has 7 heteroatoms. The van der Waals surface area contributed by atoms with Crippen LogP contribution in [0.4, 0.5) is 0 Å². The van der Waals surface area contributed by atoms with Gasteiger partial charge in [-0.05, 0) is 23.6 Å². The Morgan fingerprint density at radius 3 is 2.73 bits per heavy atom. The van der Waals surface area contributed by atoms with Crippen molar-refractivity contribution in [3.05, 3.63) is 53.0 Å². The minimum Gasteiger partial charge on any atom is -0.378 e. The monoisotopic (exact) mass is 383 g/mol. The van der Waals surface area contributed by atoms with Crippen molar-refractivity contribution in [2.75, 3.05) is 26.3 Å². The third-order valence-electron chi connectivity index (χ3n) is 4.72. The van der Waals surface area contributed by atoms with E-state index < -0.39 is 0 Å². The number of thioether (sulfide) groups is 1. The number of fused-ring (bicyclic) bond motifs is 3. The summed E-state index contributed by atoms with van der Waals surface area (Å²) in [5.74, 6) is 0.791. The summed E-state index contributed by atoms with van der Waals surface area (Å²) in [7, 11) is 0. The lowest BCUT2D eigenvalue weighted by Crippen LogP contribution is -2.41. The number of aromatic nitrogens is 2. The average molecular weight is 383 g/mol. The molecule has 1 amide bonds. The van der Waals surface area contributed by atoms with E-state index in [1.807, 2.05) is 39.9 Å². The molecule has 0 atom stereocenters. The Balaban J connectivity index is 1.67. The molecule has 2 aromatic heterocycles. The van der Waals surface area contributed by atoms with Crippen LogP contribution in [0.2, 0.25) is 0 Å². The van der Waals surface area contributed by atoms with E-state index in [9.17, 15) is 4.79 Å². The zero-order valence-corrected chi connectivity index (χ0v) is 15.7. The van der Waals surface area contributed by atoms with E-state index in [-0.39, 0.29) is 5.91 Å². The van der Waals surface area contributed by atoms with E-state index in [2.05, 4.69) is 11.4 Å². The number of carbonyl (C=O) groups excluding carboxylic acids is 1. The van der Waals surface area contributed by atoms with Gasteiger partial charge in [-0.3, -0.25) is 4.79 Å². The molecule has 2 aliphatic heterocycles. The first-order valence-electron chi connectivity index (χ1n) is 8.58. The number of amides is 1. The van der Waals surface area contributed by atoms with E-state index in [0.717, 1.165) is 22.7 Å². The van der Waals surface area contributed by atoms with Crippen LogP contribution >= 0.6 is 23.1 Å². The predicted molar refractivity (Wildman–Crippen MR) is 103 cm³/mol. The van der Waals surface area contributed by atoms with Crippen LogP contribution in [0, 0.1) is 0 Å². The van der Waals surface area contributed by atoms with Crippen molar-refractivity contribution in [3.8, 4) is 16.9 Å². The summed E-state index contributed by atoms with van der Waals surface area (Å²) in [5.41, 5.74) is 4.84. The van der Waals surface area contributed by atoms with Crippen LogP contribution in [-0.2, 0) is 10.5 Å². The van der Waals surface area contributed by atoms with Crippen LogP contribution in [0.1, 0.15) is 16.1 Å². The molecule has 0 spiro atoms. The van der Waals surface area contributed by atoms with Gasteiger partial charge in [-0.1, -0.05) is 18.2 Å². The summed E-state index contributed by atoms with van der Waals surface area (Å²) in [4.78, 5) is 15.0.